The molecule has 0 saturated heterocycles. The molecule has 1 aromatic heterocycles. The third kappa shape index (κ3) is 3.91. The van der Waals surface area contributed by atoms with Gasteiger partial charge in [0, 0.05) is 11.6 Å². The van der Waals surface area contributed by atoms with E-state index in [0.717, 1.165) is 23.4 Å². The lowest BCUT2D eigenvalue weighted by Gasteiger charge is -2.37. The quantitative estimate of drug-likeness (QED) is 0.726. The molecule has 0 spiro atoms. The number of rotatable bonds is 4. The van der Waals surface area contributed by atoms with E-state index in [-0.39, 0.29) is 6.04 Å². The average Bonchev–Trinajstić information content (AvgIpc) is 3.11. The van der Waals surface area contributed by atoms with Crippen LogP contribution >= 0.6 is 0 Å². The summed E-state index contributed by atoms with van der Waals surface area (Å²) in [4.78, 5) is 9.70. The minimum atomic E-state index is 0.257. The highest BCUT2D eigenvalue weighted by molar-refractivity contribution is 5.93. The van der Waals surface area contributed by atoms with Gasteiger partial charge >= 0.3 is 0 Å². The summed E-state index contributed by atoms with van der Waals surface area (Å²) < 4.78 is 5.76. The maximum absolute atomic E-state index is 5.76. The number of pyridine rings is 1. The van der Waals surface area contributed by atoms with Crippen molar-refractivity contribution in [2.75, 3.05) is 6.61 Å². The molecule has 4 rings (SSSR count). The highest BCUT2D eigenvalue weighted by Crippen LogP contribution is 2.45. The van der Waals surface area contributed by atoms with Gasteiger partial charge in [-0.15, -0.1) is 0 Å². The number of ether oxygens (including phenoxy) is 1. The predicted molar refractivity (Wildman–Crippen MR) is 102 cm³/mol. The first-order valence-electron chi connectivity index (χ1n) is 10.5. The van der Waals surface area contributed by atoms with Gasteiger partial charge in [0.1, 0.15) is 12.3 Å². The molecule has 136 valence electrons. The van der Waals surface area contributed by atoms with Gasteiger partial charge in [-0.25, -0.2) is 9.98 Å². The molecule has 3 nitrogen and oxygen atoms in total. The van der Waals surface area contributed by atoms with Gasteiger partial charge in [0.15, 0.2) is 0 Å². The van der Waals surface area contributed by atoms with E-state index in [2.05, 4.69) is 30.1 Å². The van der Waals surface area contributed by atoms with Crippen LogP contribution in [0.1, 0.15) is 88.4 Å². The third-order valence-corrected chi connectivity index (χ3v) is 6.45. The van der Waals surface area contributed by atoms with E-state index >= 15 is 0 Å². The Kier molecular flexibility index (Phi) is 5.38. The van der Waals surface area contributed by atoms with Crippen molar-refractivity contribution < 1.29 is 4.74 Å². The van der Waals surface area contributed by atoms with Crippen LogP contribution in [0.3, 0.4) is 0 Å². The first kappa shape index (κ1) is 17.1. The Morgan fingerprint density at radius 1 is 0.920 bits per heavy atom. The molecule has 25 heavy (non-hydrogen) atoms. The number of hydrogen-bond donors (Lipinski definition) is 0. The summed E-state index contributed by atoms with van der Waals surface area (Å²) in [5.41, 5.74) is 2.25. The molecule has 0 radical (unpaired) electrons. The summed E-state index contributed by atoms with van der Waals surface area (Å²) >= 11 is 0. The number of nitrogens with zero attached hydrogens (tertiary/aromatic N) is 2. The smallest absolute Gasteiger partial charge is 0.235 e. The second kappa shape index (κ2) is 7.88. The molecule has 2 heterocycles. The minimum Gasteiger partial charge on any atom is -0.474 e. The van der Waals surface area contributed by atoms with Crippen molar-refractivity contribution >= 4 is 5.90 Å². The van der Waals surface area contributed by atoms with Crippen molar-refractivity contribution in [1.82, 2.24) is 4.98 Å². The van der Waals surface area contributed by atoms with Gasteiger partial charge in [0.2, 0.25) is 5.90 Å². The van der Waals surface area contributed by atoms with Gasteiger partial charge in [-0.1, -0.05) is 44.6 Å². The van der Waals surface area contributed by atoms with Gasteiger partial charge in [0.05, 0.1) is 6.04 Å². The van der Waals surface area contributed by atoms with Crippen LogP contribution in [0, 0.1) is 11.8 Å². The van der Waals surface area contributed by atoms with Crippen molar-refractivity contribution in [2.24, 2.45) is 16.8 Å². The maximum Gasteiger partial charge on any atom is 0.235 e. The van der Waals surface area contributed by atoms with E-state index in [1.807, 2.05) is 0 Å². The summed E-state index contributed by atoms with van der Waals surface area (Å²) in [6.45, 7) is 2.79. The zero-order valence-corrected chi connectivity index (χ0v) is 15.6. The van der Waals surface area contributed by atoms with Crippen LogP contribution in [-0.2, 0) is 4.74 Å². The summed E-state index contributed by atoms with van der Waals surface area (Å²) in [7, 11) is 0. The van der Waals surface area contributed by atoms with E-state index in [1.165, 1.54) is 69.9 Å². The Balaban J connectivity index is 1.62. The minimum absolute atomic E-state index is 0.257. The van der Waals surface area contributed by atoms with Crippen molar-refractivity contribution in [3.05, 3.63) is 29.6 Å². The van der Waals surface area contributed by atoms with Gasteiger partial charge in [0.25, 0.3) is 0 Å². The van der Waals surface area contributed by atoms with Crippen LogP contribution in [0.25, 0.3) is 0 Å². The standard InChI is InChI=1S/C22H32N2O/c1-16-15-25-22(23-16)20-14-8-13-19(24-20)21(17-9-4-2-5-10-17)18-11-6-3-7-12-18/h8,13-14,16-18,21H,2-7,9-12,15H2,1H3/t16-/m1/s1. The number of hydrogen-bond acceptors (Lipinski definition) is 3. The summed E-state index contributed by atoms with van der Waals surface area (Å²) in [5, 5.41) is 0. The van der Waals surface area contributed by atoms with Gasteiger partial charge in [-0.3, -0.25) is 0 Å². The molecule has 0 N–H and O–H groups in total. The normalized spacial score (nSPS) is 25.8. The average molecular weight is 341 g/mol. The number of aromatic nitrogens is 1. The molecule has 0 amide bonds. The summed E-state index contributed by atoms with van der Waals surface area (Å²) in [5.74, 6) is 3.04. The molecule has 3 heteroatoms. The molecule has 0 unspecified atom stereocenters. The monoisotopic (exact) mass is 340 g/mol. The predicted octanol–water partition coefficient (Wildman–Crippen LogP) is 5.49. The van der Waals surface area contributed by atoms with Gasteiger partial charge < -0.3 is 4.74 Å². The van der Waals surface area contributed by atoms with Gasteiger partial charge in [-0.05, 0) is 56.6 Å². The van der Waals surface area contributed by atoms with Crippen molar-refractivity contribution in [2.45, 2.75) is 83.1 Å². The van der Waals surface area contributed by atoms with Crippen LogP contribution in [-0.4, -0.2) is 23.5 Å². The molecule has 0 bridgehead atoms. The van der Waals surface area contributed by atoms with E-state index < -0.39 is 0 Å². The first-order chi connectivity index (χ1) is 12.3. The van der Waals surface area contributed by atoms with Crippen LogP contribution in [0.2, 0.25) is 0 Å². The molecule has 0 aromatic carbocycles. The molecule has 2 fully saturated rings. The van der Waals surface area contributed by atoms with Crippen LogP contribution < -0.4 is 0 Å². The summed E-state index contributed by atoms with van der Waals surface area (Å²) in [6, 6.07) is 6.77. The van der Waals surface area contributed by atoms with Gasteiger partial charge in [-0.2, -0.15) is 0 Å². The zero-order valence-electron chi connectivity index (χ0n) is 15.6. The fourth-order valence-electron chi connectivity index (χ4n) is 5.22. The molecule has 3 aliphatic rings. The molecule has 1 aromatic rings. The number of aliphatic imine (C=N–C) groups is 1. The molecular weight excluding hydrogens is 308 g/mol. The largest absolute Gasteiger partial charge is 0.474 e. The Morgan fingerprint density at radius 2 is 1.56 bits per heavy atom. The third-order valence-electron chi connectivity index (χ3n) is 6.45. The Morgan fingerprint density at radius 3 is 2.12 bits per heavy atom. The fraction of sp³-hybridized carbons (Fsp3) is 0.727. The maximum atomic E-state index is 5.76. The Labute approximate surface area is 152 Å². The Hall–Kier alpha value is -1.38. The van der Waals surface area contributed by atoms with E-state index in [9.17, 15) is 0 Å². The summed E-state index contributed by atoms with van der Waals surface area (Å²) in [6.07, 6.45) is 14.0. The van der Waals surface area contributed by atoms with Crippen molar-refractivity contribution in [1.29, 1.82) is 0 Å². The molecule has 2 aliphatic carbocycles. The van der Waals surface area contributed by atoms with E-state index in [4.69, 9.17) is 9.72 Å². The highest BCUT2D eigenvalue weighted by atomic mass is 16.5. The fourth-order valence-corrected chi connectivity index (χ4v) is 5.22. The lowest BCUT2D eigenvalue weighted by atomic mass is 9.68. The molecule has 1 aliphatic heterocycles. The van der Waals surface area contributed by atoms with Crippen LogP contribution in [0.5, 0.6) is 0 Å². The second-order valence-electron chi connectivity index (χ2n) is 8.36. The van der Waals surface area contributed by atoms with E-state index in [0.29, 0.717) is 12.5 Å². The van der Waals surface area contributed by atoms with Crippen molar-refractivity contribution in [3.63, 3.8) is 0 Å². The first-order valence-corrected chi connectivity index (χ1v) is 10.5. The Bertz CT molecular complexity index is 582. The lowest BCUT2D eigenvalue weighted by molar-refractivity contribution is 0.199. The molecule has 1 atom stereocenters. The highest BCUT2D eigenvalue weighted by Gasteiger charge is 2.34. The lowest BCUT2D eigenvalue weighted by Crippen LogP contribution is -2.26. The molecule has 2 saturated carbocycles. The molecular formula is C22H32N2O. The van der Waals surface area contributed by atoms with Crippen LogP contribution in [0.4, 0.5) is 0 Å². The van der Waals surface area contributed by atoms with E-state index in [1.54, 1.807) is 0 Å². The SMILES string of the molecule is C[C@@H]1COC(c2cccc(C(C3CCCCC3)C3CCCCC3)n2)=N1. The second-order valence-corrected chi connectivity index (χ2v) is 8.36. The van der Waals surface area contributed by atoms with Crippen LogP contribution in [0.15, 0.2) is 23.2 Å². The zero-order chi connectivity index (χ0) is 17.1. The van der Waals surface area contributed by atoms with Crippen molar-refractivity contribution in [3.8, 4) is 0 Å². The topological polar surface area (TPSA) is 34.5 Å².